The zero-order valence-corrected chi connectivity index (χ0v) is 19.9. The van der Waals surface area contributed by atoms with Crippen LogP contribution in [-0.4, -0.2) is 59.4 Å². The lowest BCUT2D eigenvalue weighted by Crippen LogP contribution is -2.63. The summed E-state index contributed by atoms with van der Waals surface area (Å²) in [5, 5.41) is -0.412. The van der Waals surface area contributed by atoms with Crippen LogP contribution in [0.5, 0.6) is 0 Å². The van der Waals surface area contributed by atoms with Crippen molar-refractivity contribution in [2.45, 2.75) is 75.2 Å². The molecule has 2 fully saturated rings. The summed E-state index contributed by atoms with van der Waals surface area (Å²) in [7, 11) is 2.10. The molecule has 2 bridgehead atoms. The number of esters is 3. The average Bonchev–Trinajstić information content (AvgIpc) is 2.90. The van der Waals surface area contributed by atoms with Gasteiger partial charge < -0.3 is 14.2 Å². The number of benzene rings is 1. The van der Waals surface area contributed by atoms with E-state index in [0.29, 0.717) is 17.3 Å². The Morgan fingerprint density at radius 1 is 1.13 bits per heavy atom. The fourth-order valence-electron chi connectivity index (χ4n) is 4.82. The molecule has 1 aromatic carbocycles. The zero-order chi connectivity index (χ0) is 22.6. The van der Waals surface area contributed by atoms with Crippen molar-refractivity contribution in [1.29, 1.82) is 0 Å². The first-order chi connectivity index (χ1) is 14.8. The Balaban J connectivity index is 1.68. The van der Waals surface area contributed by atoms with Gasteiger partial charge in [0.15, 0.2) is 0 Å². The highest BCUT2D eigenvalue weighted by atomic mass is 79.9. The Morgan fingerprint density at radius 3 is 2.29 bits per heavy atom. The van der Waals surface area contributed by atoms with Crippen LogP contribution in [0.4, 0.5) is 0 Å². The summed E-state index contributed by atoms with van der Waals surface area (Å²) >= 11 is 3.56. The van der Waals surface area contributed by atoms with Gasteiger partial charge in [-0.05, 0) is 5.56 Å². The lowest BCUT2D eigenvalue weighted by Gasteiger charge is -2.48. The van der Waals surface area contributed by atoms with E-state index < -0.39 is 11.1 Å². The van der Waals surface area contributed by atoms with Crippen LogP contribution in [0, 0.1) is 0 Å². The summed E-state index contributed by atoms with van der Waals surface area (Å²) in [6.45, 7) is 3.10. The molecule has 2 heterocycles. The smallest absolute Gasteiger partial charge is 0.317 e. The van der Waals surface area contributed by atoms with Gasteiger partial charge in [0.1, 0.15) is 18.6 Å². The van der Waals surface area contributed by atoms with E-state index in [-0.39, 0.29) is 49.1 Å². The van der Waals surface area contributed by atoms with Crippen LogP contribution in [0.1, 0.15) is 57.4 Å². The van der Waals surface area contributed by atoms with Crippen molar-refractivity contribution in [3.63, 3.8) is 0 Å². The topological polar surface area (TPSA) is 78.9 Å². The lowest BCUT2D eigenvalue weighted by atomic mass is 9.96. The third-order valence-electron chi connectivity index (χ3n) is 6.65. The maximum atomic E-state index is 13.1. The normalized spacial score (nSPS) is 29.0. The maximum absolute atomic E-state index is 13.1. The monoisotopic (exact) mass is 496 g/mol. The number of rotatable bonds is 8. The first-order valence-corrected chi connectivity index (χ1v) is 11.7. The van der Waals surface area contributed by atoms with Gasteiger partial charge in [-0.15, -0.1) is 0 Å². The Hall–Kier alpha value is -1.93. The number of ether oxygens (including phenoxy) is 3. The molecule has 0 spiro atoms. The number of piperidine rings is 1. The average molecular weight is 497 g/mol. The number of carbonyl (C=O) groups is 3. The van der Waals surface area contributed by atoms with Crippen molar-refractivity contribution in [3.05, 3.63) is 35.9 Å². The van der Waals surface area contributed by atoms with Gasteiger partial charge in [0.25, 0.3) is 5.14 Å². The molecule has 0 aromatic heterocycles. The fourth-order valence-corrected chi connectivity index (χ4v) is 5.75. The summed E-state index contributed by atoms with van der Waals surface area (Å²) in [6.07, 6.45) is 3.46. The first kappa shape index (κ1) is 23.7. The van der Waals surface area contributed by atoms with Crippen molar-refractivity contribution >= 4 is 33.8 Å². The largest absolute Gasteiger partial charge is 0.464 e. The summed E-state index contributed by atoms with van der Waals surface area (Å²) in [4.78, 5) is 36.2. The maximum Gasteiger partial charge on any atom is 0.317 e. The number of hydrogen-bond acceptors (Lipinski definition) is 6. The first-order valence-electron chi connectivity index (χ1n) is 10.8. The predicted octanol–water partition coefficient (Wildman–Crippen LogP) is 3.65. The van der Waals surface area contributed by atoms with E-state index in [1.54, 1.807) is 6.92 Å². The molecule has 0 saturated carbocycles. The molecule has 2 saturated heterocycles. The van der Waals surface area contributed by atoms with E-state index in [1.807, 2.05) is 30.3 Å². The third-order valence-corrected chi connectivity index (χ3v) is 7.72. The van der Waals surface area contributed by atoms with Crippen molar-refractivity contribution < 1.29 is 33.1 Å². The highest BCUT2D eigenvalue weighted by Gasteiger charge is 2.56. The van der Waals surface area contributed by atoms with Gasteiger partial charge in [0.05, 0.1) is 19.1 Å². The van der Waals surface area contributed by atoms with E-state index in [1.165, 1.54) is 6.92 Å². The number of fused-ring (bicyclic) bond motifs is 2. The second-order valence-corrected chi connectivity index (χ2v) is 9.32. The molecule has 8 heteroatoms. The molecule has 0 aliphatic carbocycles. The van der Waals surface area contributed by atoms with E-state index >= 15 is 0 Å². The summed E-state index contributed by atoms with van der Waals surface area (Å²) in [5.74, 6) is -1.68. The Labute approximate surface area is 191 Å². The highest BCUT2D eigenvalue weighted by Crippen LogP contribution is 2.45. The molecule has 170 valence electrons. The van der Waals surface area contributed by atoms with Gasteiger partial charge in [-0.25, -0.2) is 0 Å². The Kier molecular flexibility index (Phi) is 7.75. The number of nitrogens with zero attached hydrogens (tertiary/aromatic N) is 1. The van der Waals surface area contributed by atoms with Gasteiger partial charge in [-0.2, -0.15) is 0 Å². The van der Waals surface area contributed by atoms with Crippen molar-refractivity contribution in [1.82, 2.24) is 0 Å². The zero-order valence-electron chi connectivity index (χ0n) is 18.3. The lowest BCUT2D eigenvalue weighted by molar-refractivity contribution is -0.972. The Bertz CT molecular complexity index is 787. The molecule has 2 aliphatic heterocycles. The predicted molar refractivity (Wildman–Crippen MR) is 117 cm³/mol. The fraction of sp³-hybridized carbons (Fsp3) is 0.609. The van der Waals surface area contributed by atoms with Crippen molar-refractivity contribution in [2.24, 2.45) is 0 Å². The minimum Gasteiger partial charge on any atom is -0.464 e. The van der Waals surface area contributed by atoms with Gasteiger partial charge in [-0.3, -0.25) is 18.9 Å². The molecule has 31 heavy (non-hydrogen) atoms. The van der Waals surface area contributed by atoms with Crippen LogP contribution >= 0.6 is 15.9 Å². The van der Waals surface area contributed by atoms with Crippen LogP contribution in [-0.2, 0) is 28.6 Å². The molecule has 0 radical (unpaired) electrons. The minimum atomic E-state index is -0.651. The van der Waals surface area contributed by atoms with Crippen molar-refractivity contribution in [3.8, 4) is 0 Å². The molecule has 0 N–H and O–H groups in total. The number of carbonyl (C=O) groups excluding carboxylic acids is 3. The molecule has 2 aliphatic rings. The van der Waals surface area contributed by atoms with Gasteiger partial charge in [-0.1, -0.05) is 37.3 Å². The summed E-state index contributed by atoms with van der Waals surface area (Å²) < 4.78 is 17.3. The van der Waals surface area contributed by atoms with E-state index in [4.69, 9.17) is 14.2 Å². The number of hydrogen-bond donors (Lipinski definition) is 0. The number of alkyl halides is 1. The summed E-state index contributed by atoms with van der Waals surface area (Å²) in [5.41, 5.74) is 0.770. The quantitative estimate of drug-likeness (QED) is 0.179. The molecule has 3 rings (SSSR count). The second kappa shape index (κ2) is 10.1. The van der Waals surface area contributed by atoms with E-state index in [0.717, 1.165) is 18.4 Å². The molecule has 1 aromatic rings. The van der Waals surface area contributed by atoms with Gasteiger partial charge in [0.2, 0.25) is 0 Å². The molecular formula is C23H31BrNO6+. The standard InChI is InChI=1S/C23H31BrNO6/c1-4-21(27)29-14-20(16-8-6-5-7-9-16)22(28)31-19-12-17-10-11-18(13-19)25(17,3)23(24)30-15(2)26/h5-9,17-20,23H,4,10-14H2,1-3H3/q+1. The van der Waals surface area contributed by atoms with Crippen LogP contribution in [0.15, 0.2) is 30.3 Å². The van der Waals surface area contributed by atoms with Crippen LogP contribution in [0.3, 0.4) is 0 Å². The minimum absolute atomic E-state index is 0.0290. The molecule has 4 atom stereocenters. The molecule has 4 unspecified atom stereocenters. The molecular weight excluding hydrogens is 466 g/mol. The van der Waals surface area contributed by atoms with Crippen LogP contribution < -0.4 is 0 Å². The molecule has 7 nitrogen and oxygen atoms in total. The summed E-state index contributed by atoms with van der Waals surface area (Å²) in [6, 6.07) is 9.73. The Morgan fingerprint density at radius 2 is 1.74 bits per heavy atom. The number of halogens is 1. The van der Waals surface area contributed by atoms with Gasteiger partial charge >= 0.3 is 17.9 Å². The van der Waals surface area contributed by atoms with Crippen molar-refractivity contribution in [2.75, 3.05) is 13.7 Å². The van der Waals surface area contributed by atoms with Gasteiger partial charge in [0, 0.05) is 55.0 Å². The third kappa shape index (κ3) is 5.29. The van der Waals surface area contributed by atoms with Crippen LogP contribution in [0.25, 0.3) is 0 Å². The van der Waals surface area contributed by atoms with E-state index in [2.05, 4.69) is 23.0 Å². The molecule has 0 amide bonds. The van der Waals surface area contributed by atoms with E-state index in [9.17, 15) is 14.4 Å². The second-order valence-electron chi connectivity index (χ2n) is 8.54. The highest BCUT2D eigenvalue weighted by molar-refractivity contribution is 9.09. The number of quaternary nitrogens is 1. The van der Waals surface area contributed by atoms with Crippen LogP contribution in [0.2, 0.25) is 0 Å². The SMILES string of the molecule is CCC(=O)OCC(C(=O)OC1CC2CCC(C1)[N+]2(C)C(Br)OC(C)=O)c1ccccc1.